The van der Waals surface area contributed by atoms with Crippen molar-refractivity contribution in [1.82, 2.24) is 0 Å². The molecule has 1 aliphatic heterocycles. The molecule has 4 heteroatoms. The van der Waals surface area contributed by atoms with E-state index in [4.69, 9.17) is 19.2 Å². The lowest BCUT2D eigenvalue weighted by Gasteiger charge is -2.38. The molecule has 0 aromatic heterocycles. The number of hydrogen-bond acceptors (Lipinski definition) is 4. The Bertz CT molecular complexity index is 316. The van der Waals surface area contributed by atoms with E-state index in [1.165, 1.54) is 12.8 Å². The van der Waals surface area contributed by atoms with Crippen molar-refractivity contribution >= 4 is 0 Å². The van der Waals surface area contributed by atoms with Crippen LogP contribution >= 0.6 is 0 Å². The van der Waals surface area contributed by atoms with E-state index in [9.17, 15) is 0 Å². The minimum atomic E-state index is -0.389. The molecule has 2 rings (SSSR count). The average Bonchev–Trinajstić information content (AvgIpc) is 2.41. The maximum absolute atomic E-state index is 6.13. The van der Waals surface area contributed by atoms with E-state index in [-0.39, 0.29) is 18.5 Å². The van der Waals surface area contributed by atoms with Crippen LogP contribution in [-0.4, -0.2) is 32.2 Å². The van der Waals surface area contributed by atoms with Crippen LogP contribution in [0.4, 0.5) is 0 Å². The fraction of sp³-hybridized carbons (Fsp3) is 0.875. The van der Waals surface area contributed by atoms with Crippen molar-refractivity contribution < 1.29 is 19.2 Å². The molecule has 1 fully saturated rings. The molecule has 4 nitrogen and oxygen atoms in total. The Labute approximate surface area is 122 Å². The molecule has 0 radical (unpaired) electrons. The Hall–Kier alpha value is -0.420. The smallest absolute Gasteiger partial charge is 0.210 e. The fourth-order valence-corrected chi connectivity index (χ4v) is 3.16. The summed E-state index contributed by atoms with van der Waals surface area (Å²) in [6, 6.07) is 0. The molecule has 2 aliphatic rings. The first-order chi connectivity index (χ1) is 9.60. The van der Waals surface area contributed by atoms with Crippen LogP contribution in [-0.2, 0) is 19.2 Å². The van der Waals surface area contributed by atoms with Gasteiger partial charge in [-0.3, -0.25) is 0 Å². The Kier molecular flexibility index (Phi) is 6.02. The molecule has 1 saturated carbocycles. The molecule has 0 amide bonds. The zero-order chi connectivity index (χ0) is 14.5. The van der Waals surface area contributed by atoms with Crippen LogP contribution < -0.4 is 0 Å². The summed E-state index contributed by atoms with van der Waals surface area (Å²) in [5.74, 6) is 1.98. The van der Waals surface area contributed by atoms with Gasteiger partial charge < -0.3 is 9.47 Å². The first kappa shape index (κ1) is 16.0. The Morgan fingerprint density at radius 1 is 1.20 bits per heavy atom. The molecule has 0 spiro atoms. The summed E-state index contributed by atoms with van der Waals surface area (Å²) in [4.78, 5) is 10.6. The summed E-state index contributed by atoms with van der Waals surface area (Å²) in [7, 11) is 1.65. The number of methoxy groups -OCH3 is 1. The van der Waals surface area contributed by atoms with Gasteiger partial charge in [-0.1, -0.05) is 27.2 Å². The molecule has 0 bridgehead atoms. The molecule has 116 valence electrons. The summed E-state index contributed by atoms with van der Waals surface area (Å²) >= 11 is 0. The number of rotatable bonds is 5. The van der Waals surface area contributed by atoms with Crippen molar-refractivity contribution in [3.63, 3.8) is 0 Å². The van der Waals surface area contributed by atoms with Crippen LogP contribution in [0.1, 0.15) is 40.0 Å². The van der Waals surface area contributed by atoms with Gasteiger partial charge in [0.2, 0.25) is 6.29 Å². The van der Waals surface area contributed by atoms with Crippen molar-refractivity contribution in [2.75, 3.05) is 13.7 Å². The van der Waals surface area contributed by atoms with E-state index in [1.54, 1.807) is 7.11 Å². The van der Waals surface area contributed by atoms with Crippen LogP contribution in [0.2, 0.25) is 0 Å². The van der Waals surface area contributed by atoms with Gasteiger partial charge in [0.15, 0.2) is 0 Å². The topological polar surface area (TPSA) is 36.9 Å². The van der Waals surface area contributed by atoms with Crippen LogP contribution in [0.5, 0.6) is 0 Å². The fourth-order valence-electron chi connectivity index (χ4n) is 3.16. The molecule has 0 saturated heterocycles. The van der Waals surface area contributed by atoms with Gasteiger partial charge in [0.25, 0.3) is 0 Å². The zero-order valence-electron chi connectivity index (χ0n) is 13.1. The highest BCUT2D eigenvalue weighted by atomic mass is 17.2. The third-order valence-electron chi connectivity index (χ3n) is 4.36. The van der Waals surface area contributed by atoms with Gasteiger partial charge in [-0.2, -0.15) is 4.89 Å². The van der Waals surface area contributed by atoms with E-state index in [2.05, 4.69) is 20.8 Å². The van der Waals surface area contributed by atoms with E-state index >= 15 is 0 Å². The monoisotopic (exact) mass is 284 g/mol. The SMILES string of the molecule is COCC1C=CC(O[C@H]2C[C@@H](C)CC[C@@H]2C(C)C)OO1. The average molecular weight is 284 g/mol. The summed E-state index contributed by atoms with van der Waals surface area (Å²) < 4.78 is 11.2. The highest BCUT2D eigenvalue weighted by molar-refractivity contribution is 4.94. The van der Waals surface area contributed by atoms with Crippen molar-refractivity contribution in [3.8, 4) is 0 Å². The minimum absolute atomic E-state index is 0.133. The van der Waals surface area contributed by atoms with Gasteiger partial charge in [0.1, 0.15) is 6.10 Å². The molecular weight excluding hydrogens is 256 g/mol. The largest absolute Gasteiger partial charge is 0.382 e. The summed E-state index contributed by atoms with van der Waals surface area (Å²) in [5.41, 5.74) is 0. The zero-order valence-corrected chi connectivity index (χ0v) is 13.1. The minimum Gasteiger partial charge on any atom is -0.382 e. The van der Waals surface area contributed by atoms with Gasteiger partial charge in [-0.05, 0) is 42.7 Å². The van der Waals surface area contributed by atoms with Crippen molar-refractivity contribution in [1.29, 1.82) is 0 Å². The molecule has 20 heavy (non-hydrogen) atoms. The summed E-state index contributed by atoms with van der Waals surface area (Å²) in [6.07, 6.45) is 7.28. The van der Waals surface area contributed by atoms with E-state index in [0.29, 0.717) is 18.4 Å². The standard InChI is InChI=1S/C16H28O4/c1-11(2)14-7-5-12(3)9-15(14)18-16-8-6-13(10-17-4)19-20-16/h6,8,11-16H,5,7,9-10H2,1-4H3/t12-,13?,14+,15-,16?/m0/s1. The third kappa shape index (κ3) is 4.29. The lowest BCUT2D eigenvalue weighted by Crippen LogP contribution is -2.38. The predicted octanol–water partition coefficient (Wildman–Crippen LogP) is 3.32. The van der Waals surface area contributed by atoms with Crippen molar-refractivity contribution in [2.24, 2.45) is 17.8 Å². The lowest BCUT2D eigenvalue weighted by atomic mass is 9.75. The lowest BCUT2D eigenvalue weighted by molar-refractivity contribution is -0.397. The van der Waals surface area contributed by atoms with Gasteiger partial charge in [-0.15, -0.1) is 0 Å². The second kappa shape index (κ2) is 7.55. The molecule has 1 aliphatic carbocycles. The number of hydrogen-bond donors (Lipinski definition) is 0. The second-order valence-corrected chi connectivity index (χ2v) is 6.44. The molecule has 1 heterocycles. The van der Waals surface area contributed by atoms with Gasteiger partial charge >= 0.3 is 0 Å². The van der Waals surface area contributed by atoms with Crippen LogP contribution in [0.15, 0.2) is 12.2 Å². The Balaban J connectivity index is 1.89. The maximum Gasteiger partial charge on any atom is 0.210 e. The van der Waals surface area contributed by atoms with E-state index in [1.807, 2.05) is 12.2 Å². The van der Waals surface area contributed by atoms with Crippen molar-refractivity contribution in [3.05, 3.63) is 12.2 Å². The molecule has 2 unspecified atom stereocenters. The highest BCUT2D eigenvalue weighted by Gasteiger charge is 2.33. The van der Waals surface area contributed by atoms with E-state index < -0.39 is 0 Å². The van der Waals surface area contributed by atoms with Gasteiger partial charge in [-0.25, -0.2) is 4.89 Å². The summed E-state index contributed by atoms with van der Waals surface area (Å²) in [6.45, 7) is 7.35. The Morgan fingerprint density at radius 2 is 2.00 bits per heavy atom. The molecule has 0 aromatic carbocycles. The first-order valence-corrected chi connectivity index (χ1v) is 7.75. The molecule has 5 atom stereocenters. The molecule has 0 aromatic rings. The maximum atomic E-state index is 6.13. The highest BCUT2D eigenvalue weighted by Crippen LogP contribution is 2.36. The predicted molar refractivity (Wildman–Crippen MR) is 77.0 cm³/mol. The van der Waals surface area contributed by atoms with E-state index in [0.717, 1.165) is 12.3 Å². The third-order valence-corrected chi connectivity index (χ3v) is 4.36. The van der Waals surface area contributed by atoms with Gasteiger partial charge in [0, 0.05) is 7.11 Å². The normalized spacial score (nSPS) is 38.4. The van der Waals surface area contributed by atoms with Crippen LogP contribution in [0, 0.1) is 17.8 Å². The van der Waals surface area contributed by atoms with Crippen LogP contribution in [0.3, 0.4) is 0 Å². The van der Waals surface area contributed by atoms with Crippen molar-refractivity contribution in [2.45, 2.75) is 58.5 Å². The quantitative estimate of drug-likeness (QED) is 0.573. The Morgan fingerprint density at radius 3 is 2.60 bits per heavy atom. The number of ether oxygens (including phenoxy) is 2. The molecular formula is C16H28O4. The summed E-state index contributed by atoms with van der Waals surface area (Å²) in [5, 5.41) is 0. The van der Waals surface area contributed by atoms with Crippen LogP contribution in [0.25, 0.3) is 0 Å². The van der Waals surface area contributed by atoms with Gasteiger partial charge in [0.05, 0.1) is 12.7 Å². The first-order valence-electron chi connectivity index (χ1n) is 7.75. The second-order valence-electron chi connectivity index (χ2n) is 6.44. The molecule has 0 N–H and O–H groups in total.